The van der Waals surface area contributed by atoms with Crippen LogP contribution in [0.3, 0.4) is 0 Å². The molecule has 90 valence electrons. The molecule has 1 aromatic rings. The molecule has 16 heavy (non-hydrogen) atoms. The van der Waals surface area contributed by atoms with Gasteiger partial charge in [0, 0.05) is 24.6 Å². The highest BCUT2D eigenvalue weighted by Crippen LogP contribution is 2.29. The number of nitrogens with zero attached hydrogens (tertiary/aromatic N) is 2. The minimum atomic E-state index is 0.259. The molecule has 0 amide bonds. The fourth-order valence-electron chi connectivity index (χ4n) is 2.19. The Morgan fingerprint density at radius 3 is 3.12 bits per heavy atom. The van der Waals surface area contributed by atoms with E-state index in [0.717, 1.165) is 30.2 Å². The van der Waals surface area contributed by atoms with Crippen molar-refractivity contribution in [3.63, 3.8) is 0 Å². The van der Waals surface area contributed by atoms with Gasteiger partial charge in [0.25, 0.3) is 0 Å². The summed E-state index contributed by atoms with van der Waals surface area (Å²) in [4.78, 5) is 6.85. The van der Waals surface area contributed by atoms with E-state index in [4.69, 9.17) is 16.7 Å². The maximum absolute atomic E-state index is 9.07. The van der Waals surface area contributed by atoms with Gasteiger partial charge in [-0.05, 0) is 25.7 Å². The minimum absolute atomic E-state index is 0.259. The fourth-order valence-corrected chi connectivity index (χ4v) is 3.34. The van der Waals surface area contributed by atoms with E-state index in [1.54, 1.807) is 11.3 Å². The minimum Gasteiger partial charge on any atom is -0.396 e. The van der Waals surface area contributed by atoms with E-state index in [1.807, 2.05) is 5.38 Å². The average Bonchev–Trinajstić information content (AvgIpc) is 2.79. The number of aliphatic hydroxyl groups is 1. The van der Waals surface area contributed by atoms with Crippen LogP contribution in [-0.4, -0.2) is 29.3 Å². The molecule has 1 unspecified atom stereocenters. The van der Waals surface area contributed by atoms with Gasteiger partial charge in [0.05, 0.1) is 11.6 Å². The molecule has 0 bridgehead atoms. The Balaban J connectivity index is 2.09. The third-order valence-electron chi connectivity index (χ3n) is 3.01. The summed E-state index contributed by atoms with van der Waals surface area (Å²) >= 11 is 7.42. The lowest BCUT2D eigenvalue weighted by Crippen LogP contribution is -2.40. The summed E-state index contributed by atoms with van der Waals surface area (Å²) in [5.41, 5.74) is 0.954. The highest BCUT2D eigenvalue weighted by molar-refractivity contribution is 7.13. The van der Waals surface area contributed by atoms with Crippen molar-refractivity contribution < 1.29 is 5.11 Å². The van der Waals surface area contributed by atoms with Gasteiger partial charge in [-0.2, -0.15) is 0 Å². The van der Waals surface area contributed by atoms with Crippen molar-refractivity contribution in [2.24, 2.45) is 0 Å². The summed E-state index contributed by atoms with van der Waals surface area (Å²) in [6, 6.07) is 0.452. The molecule has 0 radical (unpaired) electrons. The molecule has 0 spiro atoms. The quantitative estimate of drug-likeness (QED) is 0.846. The molecule has 1 N–H and O–H groups in total. The van der Waals surface area contributed by atoms with Gasteiger partial charge in [-0.25, -0.2) is 4.98 Å². The van der Waals surface area contributed by atoms with Crippen molar-refractivity contribution in [3.8, 4) is 0 Å². The Labute approximate surface area is 105 Å². The predicted molar refractivity (Wildman–Crippen MR) is 68.4 cm³/mol. The SMILES string of the molecule is OCCC1CCCCN1c1nc(CCl)cs1. The molecule has 2 rings (SSSR count). The van der Waals surface area contributed by atoms with Gasteiger partial charge < -0.3 is 10.0 Å². The van der Waals surface area contributed by atoms with Gasteiger partial charge in [0.2, 0.25) is 0 Å². The molecular weight excluding hydrogens is 244 g/mol. The first-order chi connectivity index (χ1) is 7.85. The van der Waals surface area contributed by atoms with Gasteiger partial charge in [0.1, 0.15) is 0 Å². The molecule has 1 fully saturated rings. The summed E-state index contributed by atoms with van der Waals surface area (Å²) < 4.78 is 0. The Morgan fingerprint density at radius 2 is 2.44 bits per heavy atom. The van der Waals surface area contributed by atoms with Crippen LogP contribution >= 0.6 is 22.9 Å². The molecule has 0 aliphatic carbocycles. The van der Waals surface area contributed by atoms with E-state index in [2.05, 4.69) is 9.88 Å². The lowest BCUT2D eigenvalue weighted by atomic mass is 10.0. The summed E-state index contributed by atoms with van der Waals surface area (Å²) in [6.07, 6.45) is 4.48. The largest absolute Gasteiger partial charge is 0.396 e. The lowest BCUT2D eigenvalue weighted by molar-refractivity contribution is 0.262. The second-order valence-electron chi connectivity index (χ2n) is 4.11. The number of aliphatic hydroxyl groups excluding tert-OH is 1. The van der Waals surface area contributed by atoms with E-state index in [9.17, 15) is 0 Å². The maximum atomic E-state index is 9.07. The van der Waals surface area contributed by atoms with Crippen molar-refractivity contribution in [1.29, 1.82) is 0 Å². The number of hydrogen-bond donors (Lipinski definition) is 1. The Morgan fingerprint density at radius 1 is 1.56 bits per heavy atom. The molecule has 2 heterocycles. The number of piperidine rings is 1. The van der Waals surface area contributed by atoms with Crippen molar-refractivity contribution >= 4 is 28.1 Å². The highest BCUT2D eigenvalue weighted by atomic mass is 35.5. The molecule has 1 atom stereocenters. The van der Waals surface area contributed by atoms with Gasteiger partial charge in [-0.3, -0.25) is 0 Å². The second kappa shape index (κ2) is 5.84. The van der Waals surface area contributed by atoms with Crippen molar-refractivity contribution in [3.05, 3.63) is 11.1 Å². The van der Waals surface area contributed by atoms with E-state index in [-0.39, 0.29) is 6.61 Å². The fraction of sp³-hybridized carbons (Fsp3) is 0.727. The van der Waals surface area contributed by atoms with Crippen LogP contribution < -0.4 is 4.90 Å². The third kappa shape index (κ3) is 2.67. The van der Waals surface area contributed by atoms with Gasteiger partial charge in [-0.15, -0.1) is 22.9 Å². The second-order valence-corrected chi connectivity index (χ2v) is 5.21. The Kier molecular flexibility index (Phi) is 4.44. The standard InChI is InChI=1S/C11H17ClN2OS/c12-7-9-8-16-11(13-9)14-5-2-1-3-10(14)4-6-15/h8,10,15H,1-7H2. The summed E-state index contributed by atoms with van der Waals surface area (Å²) in [6.45, 7) is 1.31. The number of anilines is 1. The summed E-state index contributed by atoms with van der Waals surface area (Å²) in [5, 5.41) is 12.2. The van der Waals surface area contributed by atoms with Crippen molar-refractivity contribution in [1.82, 2.24) is 4.98 Å². The van der Waals surface area contributed by atoms with Crippen LogP contribution in [-0.2, 0) is 5.88 Å². The summed E-state index contributed by atoms with van der Waals surface area (Å²) in [5.74, 6) is 0.481. The maximum Gasteiger partial charge on any atom is 0.185 e. The van der Waals surface area contributed by atoms with Crippen molar-refractivity contribution in [2.75, 3.05) is 18.1 Å². The van der Waals surface area contributed by atoms with Crippen LogP contribution in [0.2, 0.25) is 0 Å². The predicted octanol–water partition coefficient (Wildman–Crippen LogP) is 2.62. The first kappa shape index (κ1) is 12.1. The molecule has 0 aromatic carbocycles. The topological polar surface area (TPSA) is 36.4 Å². The first-order valence-electron chi connectivity index (χ1n) is 5.73. The number of alkyl halides is 1. The monoisotopic (exact) mass is 260 g/mol. The molecule has 1 aromatic heterocycles. The number of rotatable bonds is 4. The first-order valence-corrected chi connectivity index (χ1v) is 7.14. The van der Waals surface area contributed by atoms with Gasteiger partial charge in [0.15, 0.2) is 5.13 Å². The van der Waals surface area contributed by atoms with Crippen LogP contribution in [0.25, 0.3) is 0 Å². The van der Waals surface area contributed by atoms with E-state index in [1.165, 1.54) is 12.8 Å². The van der Waals surface area contributed by atoms with Crippen LogP contribution in [0, 0.1) is 0 Å². The van der Waals surface area contributed by atoms with E-state index in [0.29, 0.717) is 11.9 Å². The average molecular weight is 261 g/mol. The smallest absolute Gasteiger partial charge is 0.185 e. The normalized spacial score (nSPS) is 21.4. The summed E-state index contributed by atoms with van der Waals surface area (Å²) in [7, 11) is 0. The Hall–Kier alpha value is -0.320. The molecule has 1 aliphatic heterocycles. The number of halogens is 1. The lowest BCUT2D eigenvalue weighted by Gasteiger charge is -2.35. The van der Waals surface area contributed by atoms with Crippen LogP contribution in [0.15, 0.2) is 5.38 Å². The molecule has 1 saturated heterocycles. The number of thiazole rings is 1. The molecule has 3 nitrogen and oxygen atoms in total. The Bertz CT molecular complexity index is 330. The zero-order chi connectivity index (χ0) is 11.4. The zero-order valence-electron chi connectivity index (χ0n) is 9.23. The van der Waals surface area contributed by atoms with Crippen LogP contribution in [0.5, 0.6) is 0 Å². The third-order valence-corrected chi connectivity index (χ3v) is 4.21. The highest BCUT2D eigenvalue weighted by Gasteiger charge is 2.24. The van der Waals surface area contributed by atoms with E-state index >= 15 is 0 Å². The molecule has 5 heteroatoms. The van der Waals surface area contributed by atoms with Gasteiger partial charge in [-0.1, -0.05) is 0 Å². The zero-order valence-corrected chi connectivity index (χ0v) is 10.8. The number of hydrogen-bond acceptors (Lipinski definition) is 4. The van der Waals surface area contributed by atoms with Crippen molar-refractivity contribution in [2.45, 2.75) is 37.6 Å². The molecule has 1 aliphatic rings. The molecular formula is C11H17ClN2OS. The van der Waals surface area contributed by atoms with E-state index < -0.39 is 0 Å². The molecule has 0 saturated carbocycles. The van der Waals surface area contributed by atoms with Crippen LogP contribution in [0.4, 0.5) is 5.13 Å². The van der Waals surface area contributed by atoms with Crippen LogP contribution in [0.1, 0.15) is 31.4 Å². The van der Waals surface area contributed by atoms with Gasteiger partial charge >= 0.3 is 0 Å². The number of aromatic nitrogens is 1.